The predicted octanol–water partition coefficient (Wildman–Crippen LogP) is -5.01. The maximum absolute atomic E-state index is 11.0. The largest absolute Gasteiger partial charge is 0.478 e. The van der Waals surface area contributed by atoms with E-state index < -0.39 is 179 Å². The lowest BCUT2D eigenvalue weighted by atomic mass is 10.4. The SMILES string of the molecule is O=C(O)/C=C\C(=O)O.O=C(O)/C=C\C(=O)O.O=C(O)/C=C\C(=O)O.O=C(O)/C=C\C(=O)OC(=O)/C=C\C(=O)OC(=O)/C=C\C(=O)O.O=C(O)/C=C\C(=O)OC(=O)/C=C\C(=O)OC(=O)/C=C\C(=O)O.O=C(O)/C=C\C(=O)OC(=O)/C=C\C(=O)OC(=O)/C=C\C(=O)O.O=C(O)/C=C\C(=O)OC(=O)/C=C\C(=O)OC(=O)/C=C\C(=O)O. The van der Waals surface area contributed by atoms with Gasteiger partial charge in [0.25, 0.3) is 0 Å². The highest BCUT2D eigenvalue weighted by molar-refractivity contribution is 6.08. The van der Waals surface area contributed by atoms with Crippen LogP contribution in [-0.2, 0) is 182 Å². The number of carboxylic acid groups (broad SMARTS) is 14. The van der Waals surface area contributed by atoms with Gasteiger partial charge in [-0.15, -0.1) is 0 Å². The number of rotatable bonds is 30. The fraction of sp³-hybridized carbons (Fsp3) is 0. The highest BCUT2D eigenvalue weighted by Gasteiger charge is 2.13. The molecule has 0 radical (unpaired) electrons. The molecule has 0 aromatic carbocycles. The molecule has 0 fully saturated rings. The number of ether oxygens (including phenoxy) is 8. The van der Waals surface area contributed by atoms with E-state index in [1.807, 2.05) is 0 Å². The summed E-state index contributed by atoms with van der Waals surface area (Å²) in [7, 11) is 0. The molecule has 0 saturated heterocycles. The van der Waals surface area contributed by atoms with Gasteiger partial charge < -0.3 is 109 Å². The molecular weight excluding hydrogens is 1550 g/mol. The van der Waals surface area contributed by atoms with Gasteiger partial charge in [0.15, 0.2) is 0 Å². The van der Waals surface area contributed by atoms with Crippen LogP contribution < -0.4 is 0 Å². The lowest BCUT2D eigenvalue weighted by molar-refractivity contribution is -0.155. The van der Waals surface area contributed by atoms with Crippen molar-refractivity contribution < 1.29 is 253 Å². The zero-order valence-electron chi connectivity index (χ0n) is 54.1. The van der Waals surface area contributed by atoms with E-state index in [1.165, 1.54) is 0 Å². The van der Waals surface area contributed by atoms with Crippen molar-refractivity contribution in [1.29, 1.82) is 0 Å². The van der Waals surface area contributed by atoms with Crippen LogP contribution in [0.5, 0.6) is 0 Å². The molecule has 0 aromatic heterocycles. The lowest BCUT2D eigenvalue weighted by Gasteiger charge is -1.95. The van der Waals surface area contributed by atoms with E-state index in [0.29, 0.717) is 182 Å². The zero-order chi connectivity index (χ0) is 88.2. The van der Waals surface area contributed by atoms with Gasteiger partial charge in [-0.05, 0) is 0 Å². The second kappa shape index (κ2) is 64.9. The average molecular weight is 1600 g/mol. The van der Waals surface area contributed by atoms with Gasteiger partial charge in [0, 0.05) is 182 Å². The van der Waals surface area contributed by atoms with Gasteiger partial charge in [0.2, 0.25) is 0 Å². The van der Waals surface area contributed by atoms with Crippen LogP contribution in [-0.4, -0.2) is 251 Å². The minimum Gasteiger partial charge on any atom is -0.478 e. The summed E-state index contributed by atoms with van der Waals surface area (Å²) in [5, 5.41) is 113. The van der Waals surface area contributed by atoms with E-state index in [2.05, 4.69) is 37.9 Å². The molecule has 0 atom stereocenters. The third kappa shape index (κ3) is 96.0. The Morgan fingerprint density at radius 3 is 0.196 bits per heavy atom. The summed E-state index contributed by atoms with van der Waals surface area (Å²) in [6.07, 6.45) is 14.1. The molecule has 0 heterocycles. The normalized spacial score (nSPS) is 10.5. The van der Waals surface area contributed by atoms with Crippen LogP contribution in [0.1, 0.15) is 0 Å². The molecule has 52 nitrogen and oxygen atoms in total. The summed E-state index contributed by atoms with van der Waals surface area (Å²) >= 11 is 0. The summed E-state index contributed by atoms with van der Waals surface area (Å²) in [5.41, 5.74) is 0. The van der Waals surface area contributed by atoms with Crippen LogP contribution in [0.4, 0.5) is 0 Å². The van der Waals surface area contributed by atoms with Gasteiger partial charge in [0.1, 0.15) is 0 Å². The number of aliphatic carboxylic acids is 14. The Morgan fingerprint density at radius 2 is 0.143 bits per heavy atom. The van der Waals surface area contributed by atoms with Crippen molar-refractivity contribution in [2.75, 3.05) is 0 Å². The van der Waals surface area contributed by atoms with Gasteiger partial charge in [-0.2, -0.15) is 0 Å². The highest BCUT2D eigenvalue weighted by atomic mass is 16.6. The first-order chi connectivity index (χ1) is 51.7. The molecule has 0 aliphatic rings. The molecule has 112 heavy (non-hydrogen) atoms. The number of hydrogen-bond acceptors (Lipinski definition) is 38. The number of carbonyl (C=O) groups is 30. The molecule has 0 amide bonds. The quantitative estimate of drug-likeness (QED) is 0.0139. The molecule has 0 bridgehead atoms. The molecular formula is C60H44O52. The van der Waals surface area contributed by atoms with E-state index in [1.54, 1.807) is 0 Å². The third-order valence-corrected chi connectivity index (χ3v) is 7.03. The first kappa shape index (κ1) is 107. The van der Waals surface area contributed by atoms with Crippen LogP contribution in [0.3, 0.4) is 0 Å². The van der Waals surface area contributed by atoms with Crippen LogP contribution in [0.15, 0.2) is 182 Å². The average Bonchev–Trinajstić information content (AvgIpc) is 0.971. The summed E-state index contributed by atoms with van der Waals surface area (Å²) < 4.78 is 32.3. The van der Waals surface area contributed by atoms with Gasteiger partial charge in [-0.1, -0.05) is 0 Å². The van der Waals surface area contributed by atoms with Crippen molar-refractivity contribution in [1.82, 2.24) is 0 Å². The Morgan fingerprint density at radius 1 is 0.0982 bits per heavy atom. The smallest absolute Gasteiger partial charge is 0.338 e. The van der Waals surface area contributed by atoms with Gasteiger partial charge in [-0.3, -0.25) is 0 Å². The van der Waals surface area contributed by atoms with Gasteiger partial charge >= 0.3 is 179 Å². The van der Waals surface area contributed by atoms with E-state index >= 15 is 0 Å². The second-order valence-corrected chi connectivity index (χ2v) is 15.7. The van der Waals surface area contributed by atoms with Crippen LogP contribution in [0, 0.1) is 0 Å². The van der Waals surface area contributed by atoms with E-state index in [9.17, 15) is 144 Å². The first-order valence-corrected chi connectivity index (χ1v) is 26.2. The molecule has 596 valence electrons. The van der Waals surface area contributed by atoms with Crippen molar-refractivity contribution in [2.45, 2.75) is 0 Å². The van der Waals surface area contributed by atoms with Crippen LogP contribution in [0.25, 0.3) is 0 Å². The molecule has 52 heteroatoms. The fourth-order valence-corrected chi connectivity index (χ4v) is 3.42. The highest BCUT2D eigenvalue weighted by Crippen LogP contribution is 1.96. The topological polar surface area (TPSA) is 869 Å². The van der Waals surface area contributed by atoms with E-state index in [-0.39, 0.29) is 0 Å². The zero-order valence-corrected chi connectivity index (χ0v) is 54.1. The molecule has 0 spiro atoms. The number of hydrogen-bond donors (Lipinski definition) is 14. The summed E-state index contributed by atoms with van der Waals surface area (Å²) in [4.78, 5) is 313. The van der Waals surface area contributed by atoms with Gasteiger partial charge in [0.05, 0.1) is 0 Å². The van der Waals surface area contributed by atoms with E-state index in [4.69, 9.17) is 71.5 Å². The third-order valence-electron chi connectivity index (χ3n) is 7.03. The Bertz CT molecular complexity index is 3400. The predicted molar refractivity (Wildman–Crippen MR) is 333 cm³/mol. The molecule has 0 aliphatic heterocycles. The minimum atomic E-state index is -1.43. The molecule has 0 saturated carbocycles. The molecule has 0 unspecified atom stereocenters. The Balaban J connectivity index is -0.000000238. The molecule has 0 aromatic rings. The van der Waals surface area contributed by atoms with Crippen molar-refractivity contribution in [3.63, 3.8) is 0 Å². The van der Waals surface area contributed by atoms with Crippen molar-refractivity contribution >= 4 is 179 Å². The Labute approximate surface area is 613 Å². The molecule has 14 N–H and O–H groups in total. The van der Waals surface area contributed by atoms with E-state index in [0.717, 1.165) is 0 Å². The van der Waals surface area contributed by atoms with Crippen LogP contribution in [0.2, 0.25) is 0 Å². The van der Waals surface area contributed by atoms with Crippen molar-refractivity contribution in [3.05, 3.63) is 182 Å². The molecule has 0 aliphatic carbocycles. The van der Waals surface area contributed by atoms with Gasteiger partial charge in [-0.25, -0.2) is 144 Å². The summed E-state index contributed by atoms with van der Waals surface area (Å²) in [6.45, 7) is 0. The summed E-state index contributed by atoms with van der Waals surface area (Å²) in [5.74, 6) is -39.8. The fourth-order valence-electron chi connectivity index (χ4n) is 3.42. The standard InChI is InChI=1S/4C12H8O10.3C4H4O4/c4*13-7(14)1-3-9(17)21-11(19)5-6-12(20)22-10(18)4-2-8(15)16;3*5-3(6)1-2-4(7)8/h4*1-6H,(H,13,14)(H,15,16);3*1-2H,(H,5,6)(H,7,8)/b4*3-1-,4-2-,6-5-;3*2-1-. The van der Waals surface area contributed by atoms with Crippen molar-refractivity contribution in [3.8, 4) is 0 Å². The van der Waals surface area contributed by atoms with Crippen LogP contribution >= 0.6 is 0 Å². The number of carboxylic acids is 14. The second-order valence-electron chi connectivity index (χ2n) is 15.7. The Hall–Kier alpha value is -18.2. The maximum atomic E-state index is 11.0. The summed E-state index contributed by atoms with van der Waals surface area (Å²) in [6, 6.07) is 0. The first-order valence-electron chi connectivity index (χ1n) is 26.2. The monoisotopic (exact) mass is 1600 g/mol. The minimum absolute atomic E-state index is 0.432. The number of carbonyl (C=O) groups excluding carboxylic acids is 16. The number of esters is 16. The maximum Gasteiger partial charge on any atom is 0.338 e. The molecule has 0 rings (SSSR count). The lowest BCUT2D eigenvalue weighted by Crippen LogP contribution is -2.11. The van der Waals surface area contributed by atoms with Crippen molar-refractivity contribution in [2.24, 2.45) is 0 Å². The Kier molecular flexibility index (Phi) is 62.1.